The van der Waals surface area contributed by atoms with E-state index >= 15 is 0 Å². The number of rotatable bonds is 1. The molecule has 0 aromatic carbocycles. The molecule has 0 saturated heterocycles. The highest BCUT2D eigenvalue weighted by Gasteiger charge is 1.98. The van der Waals surface area contributed by atoms with E-state index in [9.17, 15) is 0 Å². The van der Waals surface area contributed by atoms with Gasteiger partial charge in [-0.2, -0.15) is 4.98 Å². The standard InChI is InChI=1S/C3H2BrClN2O/c4-3-6-2(1-5)7-8-3/h1H2. The van der Waals surface area contributed by atoms with Gasteiger partial charge in [0, 0.05) is 15.9 Å². The Morgan fingerprint density at radius 3 is 2.75 bits per heavy atom. The van der Waals surface area contributed by atoms with Crippen LogP contribution in [0.25, 0.3) is 0 Å². The lowest BCUT2D eigenvalue weighted by molar-refractivity contribution is 0.392. The average Bonchev–Trinajstić information content (AvgIpc) is 2.14. The summed E-state index contributed by atoms with van der Waals surface area (Å²) < 4.78 is 4.53. The van der Waals surface area contributed by atoms with Gasteiger partial charge in [0.25, 0.3) is 4.80 Å². The third-order valence-corrected chi connectivity index (χ3v) is 1.12. The minimum absolute atomic E-state index is 0.287. The third-order valence-electron chi connectivity index (χ3n) is 0.563. The van der Waals surface area contributed by atoms with Crippen LogP contribution in [-0.4, -0.2) is 10.1 Å². The summed E-state index contributed by atoms with van der Waals surface area (Å²) in [6.45, 7) is 0. The summed E-state index contributed by atoms with van der Waals surface area (Å²) in [6.07, 6.45) is 0. The molecule has 1 aromatic rings. The van der Waals surface area contributed by atoms with Crippen LogP contribution in [0.15, 0.2) is 9.32 Å². The van der Waals surface area contributed by atoms with Crippen molar-refractivity contribution in [2.45, 2.75) is 5.88 Å². The maximum atomic E-state index is 5.33. The number of nitrogens with zero attached hydrogens (tertiary/aromatic N) is 2. The summed E-state index contributed by atoms with van der Waals surface area (Å²) in [4.78, 5) is 4.10. The minimum Gasteiger partial charge on any atom is -0.327 e. The van der Waals surface area contributed by atoms with Crippen molar-refractivity contribution in [1.29, 1.82) is 0 Å². The summed E-state index contributed by atoms with van der Waals surface area (Å²) in [6, 6.07) is 0. The van der Waals surface area contributed by atoms with Crippen LogP contribution >= 0.6 is 27.5 Å². The Morgan fingerprint density at radius 1 is 1.75 bits per heavy atom. The van der Waals surface area contributed by atoms with Crippen LogP contribution in [0, 0.1) is 0 Å². The molecule has 0 bridgehead atoms. The minimum atomic E-state index is 0.287. The highest BCUT2D eigenvalue weighted by Crippen LogP contribution is 2.05. The maximum absolute atomic E-state index is 5.33. The van der Waals surface area contributed by atoms with Crippen LogP contribution in [0.4, 0.5) is 0 Å². The number of hydrogen-bond donors (Lipinski definition) is 0. The largest absolute Gasteiger partial charge is 0.327 e. The van der Waals surface area contributed by atoms with Crippen molar-refractivity contribution in [3.8, 4) is 0 Å². The van der Waals surface area contributed by atoms with Crippen LogP contribution in [0.2, 0.25) is 0 Å². The first-order valence-electron chi connectivity index (χ1n) is 1.87. The number of halogens is 2. The summed E-state index contributed by atoms with van der Waals surface area (Å²) in [7, 11) is 0. The second-order valence-electron chi connectivity index (χ2n) is 1.10. The van der Waals surface area contributed by atoms with Crippen LogP contribution in [0.3, 0.4) is 0 Å². The van der Waals surface area contributed by atoms with E-state index in [4.69, 9.17) is 11.6 Å². The van der Waals surface area contributed by atoms with E-state index in [1.165, 1.54) is 0 Å². The molecule has 0 spiro atoms. The molecule has 0 atom stereocenters. The Morgan fingerprint density at radius 2 is 2.50 bits per heavy atom. The molecule has 44 valence electrons. The van der Waals surface area contributed by atoms with Gasteiger partial charge in [0.05, 0.1) is 5.88 Å². The molecule has 0 radical (unpaired) electrons. The molecule has 1 heterocycles. The lowest BCUT2D eigenvalue weighted by Crippen LogP contribution is -1.76. The molecular formula is C3H2BrClN2O. The molecule has 1 aromatic heterocycles. The predicted molar refractivity (Wildman–Crippen MR) is 31.6 cm³/mol. The summed E-state index contributed by atoms with van der Waals surface area (Å²) >= 11 is 8.31. The normalized spacial score (nSPS) is 9.75. The van der Waals surface area contributed by atoms with E-state index in [0.717, 1.165) is 0 Å². The van der Waals surface area contributed by atoms with E-state index in [0.29, 0.717) is 10.6 Å². The molecule has 0 aliphatic rings. The predicted octanol–water partition coefficient (Wildman–Crippen LogP) is 1.57. The van der Waals surface area contributed by atoms with Gasteiger partial charge in [0.1, 0.15) is 0 Å². The zero-order valence-electron chi connectivity index (χ0n) is 3.77. The summed E-state index contributed by atoms with van der Waals surface area (Å²) in [5, 5.41) is 3.47. The highest BCUT2D eigenvalue weighted by molar-refractivity contribution is 9.10. The molecular weight excluding hydrogens is 195 g/mol. The van der Waals surface area contributed by atoms with Crippen LogP contribution in [0.5, 0.6) is 0 Å². The molecule has 0 N–H and O–H groups in total. The zero-order chi connectivity index (χ0) is 5.98. The van der Waals surface area contributed by atoms with Gasteiger partial charge < -0.3 is 4.52 Å². The SMILES string of the molecule is ClCc1noc(Br)n1. The zero-order valence-corrected chi connectivity index (χ0v) is 6.11. The Hall–Kier alpha value is -0.0900. The Kier molecular flexibility index (Phi) is 1.85. The summed E-state index contributed by atoms with van der Waals surface area (Å²) in [5.41, 5.74) is 0. The van der Waals surface area contributed by atoms with Gasteiger partial charge in [-0.1, -0.05) is 5.16 Å². The van der Waals surface area contributed by atoms with Crippen LogP contribution in [-0.2, 0) is 5.88 Å². The number of alkyl halides is 1. The van der Waals surface area contributed by atoms with E-state index < -0.39 is 0 Å². The molecule has 0 fully saturated rings. The number of hydrogen-bond acceptors (Lipinski definition) is 3. The van der Waals surface area contributed by atoms with Crippen molar-refractivity contribution in [3.63, 3.8) is 0 Å². The second-order valence-corrected chi connectivity index (χ2v) is 2.04. The van der Waals surface area contributed by atoms with Crippen molar-refractivity contribution in [2.75, 3.05) is 0 Å². The number of aromatic nitrogens is 2. The maximum Gasteiger partial charge on any atom is 0.293 e. The molecule has 8 heavy (non-hydrogen) atoms. The molecule has 0 amide bonds. The topological polar surface area (TPSA) is 38.9 Å². The monoisotopic (exact) mass is 196 g/mol. The quantitative estimate of drug-likeness (QED) is 0.642. The smallest absolute Gasteiger partial charge is 0.293 e. The molecule has 5 heteroatoms. The first-order valence-corrected chi connectivity index (χ1v) is 3.19. The van der Waals surface area contributed by atoms with E-state index in [-0.39, 0.29) is 5.88 Å². The Balaban J connectivity index is 2.84. The van der Waals surface area contributed by atoms with Gasteiger partial charge >= 0.3 is 0 Å². The van der Waals surface area contributed by atoms with Crippen LogP contribution < -0.4 is 0 Å². The Labute approximate surface area is 59.2 Å². The van der Waals surface area contributed by atoms with Gasteiger partial charge in [0.15, 0.2) is 5.82 Å². The fourth-order valence-corrected chi connectivity index (χ4v) is 0.673. The molecule has 0 saturated carbocycles. The van der Waals surface area contributed by atoms with E-state index in [1.807, 2.05) is 0 Å². The molecule has 1 rings (SSSR count). The van der Waals surface area contributed by atoms with Crippen molar-refractivity contribution < 1.29 is 4.52 Å². The highest BCUT2D eigenvalue weighted by atomic mass is 79.9. The van der Waals surface area contributed by atoms with E-state index in [2.05, 4.69) is 30.6 Å². The lowest BCUT2D eigenvalue weighted by Gasteiger charge is -1.71. The van der Waals surface area contributed by atoms with Crippen LogP contribution in [0.1, 0.15) is 5.82 Å². The second kappa shape index (κ2) is 2.46. The lowest BCUT2D eigenvalue weighted by atomic mass is 10.7. The van der Waals surface area contributed by atoms with Gasteiger partial charge in [-0.05, 0) is 0 Å². The van der Waals surface area contributed by atoms with Gasteiger partial charge in [-0.3, -0.25) is 0 Å². The third kappa shape index (κ3) is 1.20. The summed E-state index contributed by atoms with van der Waals surface area (Å²) in [5.74, 6) is 0.785. The van der Waals surface area contributed by atoms with Crippen molar-refractivity contribution in [2.24, 2.45) is 0 Å². The molecule has 0 aliphatic carbocycles. The first-order chi connectivity index (χ1) is 3.83. The first kappa shape index (κ1) is 6.04. The Bertz CT molecular complexity index is 178. The molecule has 3 nitrogen and oxygen atoms in total. The van der Waals surface area contributed by atoms with Crippen molar-refractivity contribution >= 4 is 27.5 Å². The fraction of sp³-hybridized carbons (Fsp3) is 0.333. The van der Waals surface area contributed by atoms with E-state index in [1.54, 1.807) is 0 Å². The van der Waals surface area contributed by atoms with Crippen molar-refractivity contribution in [3.05, 3.63) is 10.6 Å². The molecule has 0 unspecified atom stereocenters. The van der Waals surface area contributed by atoms with Gasteiger partial charge in [-0.15, -0.1) is 11.6 Å². The molecule has 0 aliphatic heterocycles. The van der Waals surface area contributed by atoms with Crippen molar-refractivity contribution in [1.82, 2.24) is 10.1 Å². The average molecular weight is 197 g/mol. The van der Waals surface area contributed by atoms with Gasteiger partial charge in [0.2, 0.25) is 0 Å². The fourth-order valence-electron chi connectivity index (χ4n) is 0.287. The van der Waals surface area contributed by atoms with Gasteiger partial charge in [-0.25, -0.2) is 0 Å².